The van der Waals surface area contributed by atoms with Crippen LogP contribution in [0.5, 0.6) is 0 Å². The van der Waals surface area contributed by atoms with Crippen molar-refractivity contribution in [2.24, 2.45) is 5.92 Å². The van der Waals surface area contributed by atoms with Gasteiger partial charge in [0.25, 0.3) is 0 Å². The number of rotatable bonds is 3. The third-order valence-electron chi connectivity index (χ3n) is 3.13. The van der Waals surface area contributed by atoms with Crippen LogP contribution in [0.4, 0.5) is 0 Å². The molecule has 94 valence electrons. The number of carbonyl (C=O) groups excluding carboxylic acids is 1. The standard InChI is InChI=1S/C12H19N3O2/c1-9-4-3-7-15(8-9)12(16)6-5-11-14-13-10(2)17-11/h9H,3-8H2,1-2H3. The van der Waals surface area contributed by atoms with Gasteiger partial charge in [0, 0.05) is 32.9 Å². The molecule has 5 heteroatoms. The third kappa shape index (κ3) is 3.28. The molecule has 2 heterocycles. The number of likely N-dealkylation sites (tertiary alicyclic amines) is 1. The number of aryl methyl sites for hydroxylation is 2. The van der Waals surface area contributed by atoms with Crippen LogP contribution in [-0.4, -0.2) is 34.1 Å². The highest BCUT2D eigenvalue weighted by molar-refractivity contribution is 5.76. The highest BCUT2D eigenvalue weighted by Crippen LogP contribution is 2.16. The van der Waals surface area contributed by atoms with Gasteiger partial charge in [-0.25, -0.2) is 0 Å². The van der Waals surface area contributed by atoms with Crippen molar-refractivity contribution in [1.82, 2.24) is 15.1 Å². The largest absolute Gasteiger partial charge is 0.426 e. The number of aromatic nitrogens is 2. The van der Waals surface area contributed by atoms with Crippen LogP contribution < -0.4 is 0 Å². The summed E-state index contributed by atoms with van der Waals surface area (Å²) in [7, 11) is 0. The van der Waals surface area contributed by atoms with E-state index >= 15 is 0 Å². The maximum Gasteiger partial charge on any atom is 0.223 e. The van der Waals surface area contributed by atoms with Crippen LogP contribution in [-0.2, 0) is 11.2 Å². The molecule has 0 radical (unpaired) electrons. The third-order valence-corrected chi connectivity index (χ3v) is 3.13. The molecule has 1 unspecified atom stereocenters. The van der Waals surface area contributed by atoms with Gasteiger partial charge in [-0.3, -0.25) is 4.79 Å². The van der Waals surface area contributed by atoms with Crippen LogP contribution in [0.1, 0.15) is 38.0 Å². The molecule has 1 aliphatic rings. The van der Waals surface area contributed by atoms with Gasteiger partial charge in [-0.05, 0) is 18.8 Å². The van der Waals surface area contributed by atoms with Gasteiger partial charge in [0.15, 0.2) is 0 Å². The van der Waals surface area contributed by atoms with E-state index < -0.39 is 0 Å². The van der Waals surface area contributed by atoms with Crippen molar-refractivity contribution in [1.29, 1.82) is 0 Å². The Kier molecular flexibility index (Phi) is 3.76. The van der Waals surface area contributed by atoms with Crippen LogP contribution >= 0.6 is 0 Å². The summed E-state index contributed by atoms with van der Waals surface area (Å²) in [4.78, 5) is 13.9. The van der Waals surface area contributed by atoms with Gasteiger partial charge in [-0.1, -0.05) is 6.92 Å². The van der Waals surface area contributed by atoms with Gasteiger partial charge in [0.1, 0.15) is 0 Å². The van der Waals surface area contributed by atoms with E-state index in [9.17, 15) is 4.79 Å². The van der Waals surface area contributed by atoms with Gasteiger partial charge in [-0.2, -0.15) is 0 Å². The minimum Gasteiger partial charge on any atom is -0.426 e. The number of carbonyl (C=O) groups is 1. The highest BCUT2D eigenvalue weighted by Gasteiger charge is 2.21. The maximum absolute atomic E-state index is 12.0. The predicted molar refractivity (Wildman–Crippen MR) is 62.3 cm³/mol. The molecular weight excluding hydrogens is 218 g/mol. The molecule has 1 amide bonds. The normalized spacial score (nSPS) is 20.6. The van der Waals surface area contributed by atoms with E-state index in [0.29, 0.717) is 30.5 Å². The summed E-state index contributed by atoms with van der Waals surface area (Å²) in [6.45, 7) is 5.74. The van der Waals surface area contributed by atoms with Crippen molar-refractivity contribution in [2.45, 2.75) is 39.5 Å². The number of amides is 1. The molecule has 2 rings (SSSR count). The Balaban J connectivity index is 1.80. The van der Waals surface area contributed by atoms with E-state index in [1.54, 1.807) is 6.92 Å². The summed E-state index contributed by atoms with van der Waals surface area (Å²) in [5, 5.41) is 7.64. The molecule has 1 atom stereocenters. The fourth-order valence-electron chi connectivity index (χ4n) is 2.23. The minimum atomic E-state index is 0.201. The lowest BCUT2D eigenvalue weighted by molar-refractivity contribution is -0.132. The van der Waals surface area contributed by atoms with Crippen molar-refractivity contribution in [3.05, 3.63) is 11.8 Å². The van der Waals surface area contributed by atoms with Gasteiger partial charge >= 0.3 is 0 Å². The molecule has 17 heavy (non-hydrogen) atoms. The van der Waals surface area contributed by atoms with E-state index in [1.165, 1.54) is 6.42 Å². The summed E-state index contributed by atoms with van der Waals surface area (Å²) < 4.78 is 5.25. The number of hydrogen-bond acceptors (Lipinski definition) is 4. The second-order valence-corrected chi connectivity index (χ2v) is 4.80. The van der Waals surface area contributed by atoms with E-state index in [1.807, 2.05) is 4.90 Å². The zero-order chi connectivity index (χ0) is 12.3. The van der Waals surface area contributed by atoms with Gasteiger partial charge in [-0.15, -0.1) is 10.2 Å². The first-order valence-electron chi connectivity index (χ1n) is 6.22. The van der Waals surface area contributed by atoms with Crippen LogP contribution in [0.3, 0.4) is 0 Å². The molecule has 1 fully saturated rings. The fraction of sp³-hybridized carbons (Fsp3) is 0.750. The van der Waals surface area contributed by atoms with Crippen molar-refractivity contribution < 1.29 is 9.21 Å². The number of piperidine rings is 1. The monoisotopic (exact) mass is 237 g/mol. The van der Waals surface area contributed by atoms with Crippen molar-refractivity contribution in [2.75, 3.05) is 13.1 Å². The van der Waals surface area contributed by atoms with Crippen molar-refractivity contribution in [3.8, 4) is 0 Å². The van der Waals surface area contributed by atoms with Crippen molar-refractivity contribution in [3.63, 3.8) is 0 Å². The molecule has 0 saturated carbocycles. The molecule has 1 saturated heterocycles. The van der Waals surface area contributed by atoms with Crippen molar-refractivity contribution >= 4 is 5.91 Å². The highest BCUT2D eigenvalue weighted by atomic mass is 16.4. The first-order chi connectivity index (χ1) is 8.15. The molecule has 0 aromatic carbocycles. The Morgan fingerprint density at radius 1 is 1.53 bits per heavy atom. The Hall–Kier alpha value is -1.39. The lowest BCUT2D eigenvalue weighted by atomic mass is 10.00. The second-order valence-electron chi connectivity index (χ2n) is 4.80. The van der Waals surface area contributed by atoms with E-state index in [4.69, 9.17) is 4.42 Å². The zero-order valence-corrected chi connectivity index (χ0v) is 10.5. The van der Waals surface area contributed by atoms with Gasteiger partial charge < -0.3 is 9.32 Å². The van der Waals surface area contributed by atoms with Crippen LogP contribution in [0.15, 0.2) is 4.42 Å². The lowest BCUT2D eigenvalue weighted by Gasteiger charge is -2.30. The maximum atomic E-state index is 12.0. The van der Waals surface area contributed by atoms with E-state index in [0.717, 1.165) is 19.5 Å². The molecule has 1 aliphatic heterocycles. The molecule has 0 aliphatic carbocycles. The first-order valence-corrected chi connectivity index (χ1v) is 6.22. The average Bonchev–Trinajstić information content (AvgIpc) is 2.72. The molecule has 1 aromatic rings. The number of hydrogen-bond donors (Lipinski definition) is 0. The quantitative estimate of drug-likeness (QED) is 0.800. The summed E-state index contributed by atoms with van der Waals surface area (Å²) in [5.41, 5.74) is 0. The summed E-state index contributed by atoms with van der Waals surface area (Å²) in [6, 6.07) is 0. The number of nitrogens with zero attached hydrogens (tertiary/aromatic N) is 3. The molecule has 0 N–H and O–H groups in total. The first kappa shape index (κ1) is 12.1. The van der Waals surface area contributed by atoms with Crippen LogP contribution in [0.25, 0.3) is 0 Å². The second kappa shape index (κ2) is 5.29. The fourth-order valence-corrected chi connectivity index (χ4v) is 2.23. The Morgan fingerprint density at radius 3 is 3.00 bits per heavy atom. The predicted octanol–water partition coefficient (Wildman–Crippen LogP) is 1.57. The van der Waals surface area contributed by atoms with Gasteiger partial charge in [0.05, 0.1) is 0 Å². The molecule has 0 spiro atoms. The van der Waals surface area contributed by atoms with Crippen LogP contribution in [0, 0.1) is 12.8 Å². The smallest absolute Gasteiger partial charge is 0.223 e. The van der Waals surface area contributed by atoms with E-state index in [-0.39, 0.29) is 5.91 Å². The summed E-state index contributed by atoms with van der Waals surface area (Å²) in [5.74, 6) is 1.94. The molecule has 0 bridgehead atoms. The molecule has 5 nitrogen and oxygen atoms in total. The van der Waals surface area contributed by atoms with Crippen LogP contribution in [0.2, 0.25) is 0 Å². The minimum absolute atomic E-state index is 0.201. The Morgan fingerprint density at radius 2 is 2.35 bits per heavy atom. The summed E-state index contributed by atoms with van der Waals surface area (Å²) >= 11 is 0. The van der Waals surface area contributed by atoms with Gasteiger partial charge in [0.2, 0.25) is 17.7 Å². The Bertz CT molecular complexity index is 389. The lowest BCUT2D eigenvalue weighted by Crippen LogP contribution is -2.39. The topological polar surface area (TPSA) is 59.2 Å². The molecule has 1 aromatic heterocycles. The Labute approximate surface area is 101 Å². The van der Waals surface area contributed by atoms with E-state index in [2.05, 4.69) is 17.1 Å². The average molecular weight is 237 g/mol. The zero-order valence-electron chi connectivity index (χ0n) is 10.5. The summed E-state index contributed by atoms with van der Waals surface area (Å²) in [6.07, 6.45) is 3.36. The molecular formula is C12H19N3O2. The SMILES string of the molecule is Cc1nnc(CCC(=O)N2CCCC(C)C2)o1.